The molecule has 0 aliphatic heterocycles. The maximum absolute atomic E-state index is 4.50. The lowest BCUT2D eigenvalue weighted by atomic mass is 9.98. The van der Waals surface area contributed by atoms with Crippen LogP contribution in [0.15, 0.2) is 29.6 Å². The van der Waals surface area contributed by atoms with Crippen molar-refractivity contribution in [1.82, 2.24) is 9.97 Å². The number of aromatic nitrogens is 2. The minimum atomic E-state index is 0.786. The molecule has 0 aliphatic rings. The molecule has 94 valence electrons. The van der Waals surface area contributed by atoms with Gasteiger partial charge in [0.2, 0.25) is 0 Å². The Bertz CT molecular complexity index is 567. The van der Waals surface area contributed by atoms with Gasteiger partial charge in [-0.05, 0) is 36.8 Å². The smallest absolute Gasteiger partial charge is 0.189 e. The zero-order chi connectivity index (χ0) is 13.1. The fourth-order valence-corrected chi connectivity index (χ4v) is 2.24. The molecule has 3 nitrogen and oxygen atoms in total. The van der Waals surface area contributed by atoms with E-state index in [1.165, 1.54) is 16.7 Å². The van der Waals surface area contributed by atoms with Crippen LogP contribution < -0.4 is 5.32 Å². The van der Waals surface area contributed by atoms with Gasteiger partial charge in [0.15, 0.2) is 5.16 Å². The number of rotatable bonds is 3. The number of thioether (sulfide) groups is 1. The molecule has 2 aromatic rings. The fourth-order valence-electron chi connectivity index (χ4n) is 1.89. The molecule has 18 heavy (non-hydrogen) atoms. The van der Waals surface area contributed by atoms with E-state index in [4.69, 9.17) is 0 Å². The summed E-state index contributed by atoms with van der Waals surface area (Å²) < 4.78 is 0. The number of aryl methyl sites for hydroxylation is 1. The zero-order valence-electron chi connectivity index (χ0n) is 11.1. The first-order chi connectivity index (χ1) is 8.67. The van der Waals surface area contributed by atoms with E-state index >= 15 is 0 Å². The van der Waals surface area contributed by atoms with Crippen LogP contribution in [0.4, 0.5) is 5.82 Å². The van der Waals surface area contributed by atoms with Crippen LogP contribution in [0.25, 0.3) is 11.1 Å². The van der Waals surface area contributed by atoms with E-state index in [9.17, 15) is 0 Å². The summed E-state index contributed by atoms with van der Waals surface area (Å²) in [5.41, 5.74) is 4.79. The maximum atomic E-state index is 4.50. The van der Waals surface area contributed by atoms with E-state index in [1.54, 1.807) is 11.8 Å². The predicted octanol–water partition coefficient (Wildman–Crippen LogP) is 3.52. The summed E-state index contributed by atoms with van der Waals surface area (Å²) in [6.45, 7) is 4.25. The first-order valence-electron chi connectivity index (χ1n) is 5.82. The van der Waals surface area contributed by atoms with Crippen molar-refractivity contribution in [1.29, 1.82) is 0 Å². The largest absolute Gasteiger partial charge is 0.372 e. The quantitative estimate of drug-likeness (QED) is 0.676. The lowest BCUT2D eigenvalue weighted by Gasteiger charge is -2.12. The predicted molar refractivity (Wildman–Crippen MR) is 78.3 cm³/mol. The van der Waals surface area contributed by atoms with Crippen LogP contribution in [0.2, 0.25) is 0 Å². The third-order valence-electron chi connectivity index (χ3n) is 3.08. The number of hydrogen-bond acceptors (Lipinski definition) is 4. The van der Waals surface area contributed by atoms with Crippen molar-refractivity contribution in [2.24, 2.45) is 0 Å². The second kappa shape index (κ2) is 5.40. The molecule has 1 aromatic heterocycles. The summed E-state index contributed by atoms with van der Waals surface area (Å²) in [6.07, 6.45) is 3.87. The maximum Gasteiger partial charge on any atom is 0.189 e. The van der Waals surface area contributed by atoms with E-state index in [1.807, 2.05) is 19.5 Å². The van der Waals surface area contributed by atoms with Gasteiger partial charge in [-0.2, -0.15) is 0 Å². The highest BCUT2D eigenvalue weighted by molar-refractivity contribution is 7.98. The van der Waals surface area contributed by atoms with E-state index < -0.39 is 0 Å². The monoisotopic (exact) mass is 259 g/mol. The highest BCUT2D eigenvalue weighted by Gasteiger charge is 2.10. The molecule has 1 aromatic carbocycles. The number of nitrogens with zero attached hydrogens (tertiary/aromatic N) is 2. The minimum absolute atomic E-state index is 0.786. The summed E-state index contributed by atoms with van der Waals surface area (Å²) in [5, 5.41) is 3.94. The third kappa shape index (κ3) is 2.34. The molecule has 4 heteroatoms. The summed E-state index contributed by atoms with van der Waals surface area (Å²) in [5.74, 6) is 0.878. The Morgan fingerprint density at radius 1 is 1.17 bits per heavy atom. The van der Waals surface area contributed by atoms with Gasteiger partial charge in [0, 0.05) is 18.8 Å². The molecule has 1 heterocycles. The standard InChI is InChI=1S/C14H17N3S/c1-9-6-5-7-11(10(9)2)12-8-16-14(18-4)17-13(12)15-3/h5-8H,1-4H3,(H,15,16,17). The molecule has 0 unspecified atom stereocenters. The van der Waals surface area contributed by atoms with Gasteiger partial charge in [0.25, 0.3) is 0 Å². The third-order valence-corrected chi connectivity index (χ3v) is 3.64. The van der Waals surface area contributed by atoms with Crippen molar-refractivity contribution >= 4 is 17.6 Å². The fraction of sp³-hybridized carbons (Fsp3) is 0.286. The van der Waals surface area contributed by atoms with Crippen LogP contribution in [0.1, 0.15) is 11.1 Å². The number of anilines is 1. The molecule has 0 bridgehead atoms. The van der Waals surface area contributed by atoms with Gasteiger partial charge in [-0.25, -0.2) is 9.97 Å². The van der Waals surface area contributed by atoms with Gasteiger partial charge in [0.05, 0.1) is 0 Å². The molecular formula is C14H17N3S. The van der Waals surface area contributed by atoms with Crippen LogP contribution in [0, 0.1) is 13.8 Å². The second-order valence-corrected chi connectivity index (χ2v) is 4.89. The first kappa shape index (κ1) is 12.9. The summed E-state index contributed by atoms with van der Waals surface area (Å²) in [4.78, 5) is 8.86. The molecule has 1 N–H and O–H groups in total. The lowest BCUT2D eigenvalue weighted by molar-refractivity contribution is 0.974. The molecular weight excluding hydrogens is 242 g/mol. The Labute approximate surface area is 112 Å². The molecule has 0 atom stereocenters. The van der Waals surface area contributed by atoms with Gasteiger partial charge in [0.1, 0.15) is 5.82 Å². The van der Waals surface area contributed by atoms with Crippen LogP contribution in [0.5, 0.6) is 0 Å². The Kier molecular flexibility index (Phi) is 3.87. The summed E-state index contributed by atoms with van der Waals surface area (Å²) >= 11 is 1.55. The van der Waals surface area contributed by atoms with E-state index in [0.717, 1.165) is 16.5 Å². The topological polar surface area (TPSA) is 37.8 Å². The molecule has 0 fully saturated rings. The van der Waals surface area contributed by atoms with E-state index in [2.05, 4.69) is 47.3 Å². The normalized spacial score (nSPS) is 10.4. The van der Waals surface area contributed by atoms with Crippen molar-refractivity contribution in [3.8, 4) is 11.1 Å². The highest BCUT2D eigenvalue weighted by atomic mass is 32.2. The molecule has 0 saturated heterocycles. The van der Waals surface area contributed by atoms with E-state index in [0.29, 0.717) is 0 Å². The molecule has 0 amide bonds. The van der Waals surface area contributed by atoms with Crippen LogP contribution in [-0.2, 0) is 0 Å². The van der Waals surface area contributed by atoms with Crippen LogP contribution in [-0.4, -0.2) is 23.3 Å². The van der Waals surface area contributed by atoms with Gasteiger partial charge < -0.3 is 5.32 Å². The number of hydrogen-bond donors (Lipinski definition) is 1. The van der Waals surface area contributed by atoms with Crippen molar-refractivity contribution < 1.29 is 0 Å². The second-order valence-electron chi connectivity index (χ2n) is 4.12. The van der Waals surface area contributed by atoms with Crippen molar-refractivity contribution in [3.05, 3.63) is 35.5 Å². The van der Waals surface area contributed by atoms with Crippen LogP contribution in [0.3, 0.4) is 0 Å². The molecule has 0 saturated carbocycles. The minimum Gasteiger partial charge on any atom is -0.372 e. The van der Waals surface area contributed by atoms with Gasteiger partial charge in [-0.3, -0.25) is 0 Å². The SMILES string of the molecule is CNc1nc(SC)ncc1-c1cccc(C)c1C. The Hall–Kier alpha value is -1.55. The molecule has 2 rings (SSSR count). The number of nitrogens with one attached hydrogen (secondary N) is 1. The molecule has 0 aliphatic carbocycles. The average Bonchev–Trinajstić information content (AvgIpc) is 2.41. The van der Waals surface area contributed by atoms with Crippen molar-refractivity contribution in [2.75, 3.05) is 18.6 Å². The summed E-state index contributed by atoms with van der Waals surface area (Å²) in [6, 6.07) is 6.30. The molecule has 0 spiro atoms. The van der Waals surface area contributed by atoms with E-state index in [-0.39, 0.29) is 0 Å². The zero-order valence-corrected chi connectivity index (χ0v) is 11.9. The van der Waals surface area contributed by atoms with Crippen LogP contribution >= 0.6 is 11.8 Å². The first-order valence-corrected chi connectivity index (χ1v) is 7.05. The van der Waals surface area contributed by atoms with Gasteiger partial charge >= 0.3 is 0 Å². The lowest BCUT2D eigenvalue weighted by Crippen LogP contribution is -2.00. The Morgan fingerprint density at radius 2 is 1.94 bits per heavy atom. The Balaban J connectivity index is 2.60. The summed E-state index contributed by atoms with van der Waals surface area (Å²) in [7, 11) is 1.89. The highest BCUT2D eigenvalue weighted by Crippen LogP contribution is 2.30. The molecule has 0 radical (unpaired) electrons. The average molecular weight is 259 g/mol. The van der Waals surface area contributed by atoms with Gasteiger partial charge in [-0.15, -0.1) is 0 Å². The van der Waals surface area contributed by atoms with Crippen molar-refractivity contribution in [3.63, 3.8) is 0 Å². The Morgan fingerprint density at radius 3 is 2.61 bits per heavy atom. The van der Waals surface area contributed by atoms with Gasteiger partial charge in [-0.1, -0.05) is 30.0 Å². The van der Waals surface area contributed by atoms with Crippen molar-refractivity contribution in [2.45, 2.75) is 19.0 Å². The number of benzene rings is 1.